The second kappa shape index (κ2) is 4.58. The van der Waals surface area contributed by atoms with Crippen LogP contribution in [0.4, 0.5) is 0 Å². The normalized spacial score (nSPS) is 36.8. The van der Waals surface area contributed by atoms with Crippen LogP contribution in [0.15, 0.2) is 0 Å². The van der Waals surface area contributed by atoms with Crippen LogP contribution in [0.1, 0.15) is 19.3 Å². The van der Waals surface area contributed by atoms with Gasteiger partial charge in [-0.2, -0.15) is 0 Å². The molecule has 0 aromatic carbocycles. The molecule has 2 N–H and O–H groups in total. The zero-order chi connectivity index (χ0) is 11.3. The summed E-state index contributed by atoms with van der Waals surface area (Å²) in [6, 6.07) is 0. The standard InChI is InChI=1S/C11H14NO4.Zn/c12-2-1-8(13)15-9-5-3-6-7(4-5)11(14)16-10(6)9;/h5-6,9-10H,1-4,12H2;/q-1;. The molecule has 0 spiro atoms. The molecule has 3 rings (SSSR count). The van der Waals surface area contributed by atoms with E-state index >= 15 is 0 Å². The number of hydrogen-bond donors (Lipinski definition) is 1. The molecule has 1 aliphatic heterocycles. The van der Waals surface area contributed by atoms with Crippen molar-refractivity contribution >= 4 is 11.9 Å². The van der Waals surface area contributed by atoms with Crippen LogP contribution in [0.25, 0.3) is 0 Å². The Labute approximate surface area is 112 Å². The zero-order valence-electron chi connectivity index (χ0n) is 9.56. The second-order valence-corrected chi connectivity index (χ2v) is 4.69. The maximum absolute atomic E-state index is 11.4. The average molecular weight is 290 g/mol. The third-order valence-electron chi connectivity index (χ3n) is 3.79. The fraction of sp³-hybridized carbons (Fsp3) is 0.727. The first-order valence-corrected chi connectivity index (χ1v) is 5.67. The smallest absolute Gasteiger partial charge is 0.307 e. The topological polar surface area (TPSA) is 78.6 Å². The van der Waals surface area contributed by atoms with Crippen LogP contribution >= 0.6 is 0 Å². The Balaban J connectivity index is 0.00000108. The predicted molar refractivity (Wildman–Crippen MR) is 52.9 cm³/mol. The summed E-state index contributed by atoms with van der Waals surface area (Å²) >= 11 is 0. The minimum absolute atomic E-state index is 0. The Kier molecular flexibility index (Phi) is 3.46. The molecule has 17 heavy (non-hydrogen) atoms. The molecule has 4 unspecified atom stereocenters. The molecule has 2 saturated carbocycles. The van der Waals surface area contributed by atoms with Crippen LogP contribution < -0.4 is 5.73 Å². The summed E-state index contributed by atoms with van der Waals surface area (Å²) in [6.07, 6.45) is 1.43. The molecule has 0 aromatic heterocycles. The number of ether oxygens (including phenoxy) is 2. The quantitative estimate of drug-likeness (QED) is 0.442. The molecule has 5 nitrogen and oxygen atoms in total. The van der Waals surface area contributed by atoms with Gasteiger partial charge in [-0.05, 0) is 5.92 Å². The van der Waals surface area contributed by atoms with Gasteiger partial charge in [0.25, 0.3) is 0 Å². The molecule has 2 aliphatic carbocycles. The van der Waals surface area contributed by atoms with Crippen LogP contribution in [0, 0.1) is 17.8 Å². The molecule has 0 amide bonds. The van der Waals surface area contributed by atoms with E-state index in [0.717, 1.165) is 18.8 Å². The van der Waals surface area contributed by atoms with E-state index in [1.807, 2.05) is 0 Å². The van der Waals surface area contributed by atoms with Crippen molar-refractivity contribution in [3.8, 4) is 0 Å². The van der Waals surface area contributed by atoms with Gasteiger partial charge in [0.05, 0.1) is 6.42 Å². The fourth-order valence-corrected chi connectivity index (χ4v) is 3.14. The number of carbonyl (C=O) groups is 2. The Morgan fingerprint density at radius 1 is 1.59 bits per heavy atom. The summed E-state index contributed by atoms with van der Waals surface area (Å²) in [6.45, 7) is 0.293. The van der Waals surface area contributed by atoms with Crippen molar-refractivity contribution in [2.24, 2.45) is 17.6 Å². The van der Waals surface area contributed by atoms with Gasteiger partial charge in [-0.1, -0.05) is 6.42 Å². The zero-order valence-corrected chi connectivity index (χ0v) is 12.5. The third kappa shape index (κ3) is 1.87. The van der Waals surface area contributed by atoms with E-state index < -0.39 is 0 Å². The Morgan fingerprint density at radius 3 is 3.06 bits per heavy atom. The van der Waals surface area contributed by atoms with Gasteiger partial charge >= 0.3 is 5.97 Å². The molecule has 2 bridgehead atoms. The van der Waals surface area contributed by atoms with Crippen LogP contribution in [0.5, 0.6) is 0 Å². The molecular weight excluding hydrogens is 276 g/mol. The first-order chi connectivity index (χ1) is 7.70. The molecule has 4 atom stereocenters. The number of carbonyl (C=O) groups excluding carboxylic acids is 2. The second-order valence-electron chi connectivity index (χ2n) is 4.69. The van der Waals surface area contributed by atoms with Gasteiger partial charge in [-0.25, -0.2) is 0 Å². The van der Waals surface area contributed by atoms with E-state index in [2.05, 4.69) is 0 Å². The van der Waals surface area contributed by atoms with Gasteiger partial charge in [0, 0.05) is 26.0 Å². The minimum atomic E-state index is -0.287. The Morgan fingerprint density at radius 2 is 2.35 bits per heavy atom. The summed E-state index contributed by atoms with van der Waals surface area (Å²) in [5.74, 6) is 0.909. The molecule has 90 valence electrons. The van der Waals surface area contributed by atoms with Crippen molar-refractivity contribution in [3.05, 3.63) is 5.92 Å². The summed E-state index contributed by atoms with van der Waals surface area (Å²) in [5, 5.41) is 0. The maximum Gasteiger partial charge on any atom is 0.307 e. The molecule has 1 heterocycles. The minimum Gasteiger partial charge on any atom is -0.483 e. The SMILES string of the molecule is NCCC(=O)OC1C2C[C-]3C(=O)OC1C3C2.[Zn]. The van der Waals surface area contributed by atoms with Gasteiger partial charge in [-0.15, -0.1) is 12.3 Å². The maximum atomic E-state index is 11.4. The van der Waals surface area contributed by atoms with Crippen molar-refractivity contribution in [1.29, 1.82) is 0 Å². The number of rotatable bonds is 3. The van der Waals surface area contributed by atoms with Gasteiger partial charge in [0.2, 0.25) is 0 Å². The summed E-state index contributed by atoms with van der Waals surface area (Å²) in [5.41, 5.74) is 5.29. The number of nitrogens with two attached hydrogens (primary N) is 1. The van der Waals surface area contributed by atoms with Crippen molar-refractivity contribution in [1.82, 2.24) is 0 Å². The van der Waals surface area contributed by atoms with Crippen molar-refractivity contribution in [2.75, 3.05) is 6.54 Å². The van der Waals surface area contributed by atoms with Crippen molar-refractivity contribution < 1.29 is 38.5 Å². The molecule has 0 radical (unpaired) electrons. The van der Waals surface area contributed by atoms with E-state index in [1.54, 1.807) is 0 Å². The average Bonchev–Trinajstić information content (AvgIpc) is 2.82. The Hall–Kier alpha value is -0.607. The molecule has 0 aromatic rings. The number of hydrogen-bond acceptors (Lipinski definition) is 5. The van der Waals surface area contributed by atoms with Crippen molar-refractivity contribution in [2.45, 2.75) is 31.5 Å². The first-order valence-electron chi connectivity index (χ1n) is 5.67. The van der Waals surface area contributed by atoms with E-state index in [4.69, 9.17) is 15.2 Å². The summed E-state index contributed by atoms with van der Waals surface area (Å²) < 4.78 is 10.6. The van der Waals surface area contributed by atoms with Gasteiger partial charge in [0.15, 0.2) is 5.97 Å². The summed E-state index contributed by atoms with van der Waals surface area (Å²) in [4.78, 5) is 22.8. The summed E-state index contributed by atoms with van der Waals surface area (Å²) in [7, 11) is 0. The van der Waals surface area contributed by atoms with E-state index in [1.165, 1.54) is 0 Å². The monoisotopic (exact) mass is 288 g/mol. The van der Waals surface area contributed by atoms with Crippen LogP contribution in [0.2, 0.25) is 0 Å². The van der Waals surface area contributed by atoms with Gasteiger partial charge in [0.1, 0.15) is 12.2 Å². The molecule has 3 fully saturated rings. The number of esters is 2. The van der Waals surface area contributed by atoms with Crippen LogP contribution in [-0.4, -0.2) is 30.7 Å². The van der Waals surface area contributed by atoms with Crippen molar-refractivity contribution in [3.63, 3.8) is 0 Å². The van der Waals surface area contributed by atoms with Gasteiger partial charge < -0.3 is 15.2 Å². The third-order valence-corrected chi connectivity index (χ3v) is 3.79. The molecule has 3 aliphatic rings. The van der Waals surface area contributed by atoms with E-state index in [9.17, 15) is 9.59 Å². The van der Waals surface area contributed by atoms with Gasteiger partial charge in [-0.3, -0.25) is 15.5 Å². The van der Waals surface area contributed by atoms with E-state index in [-0.39, 0.29) is 61.9 Å². The van der Waals surface area contributed by atoms with Crippen LogP contribution in [-0.2, 0) is 38.5 Å². The molecule has 1 saturated heterocycles. The largest absolute Gasteiger partial charge is 0.483 e. The molecule has 6 heteroatoms. The fourth-order valence-electron chi connectivity index (χ4n) is 3.14. The van der Waals surface area contributed by atoms with Crippen LogP contribution in [0.3, 0.4) is 0 Å². The van der Waals surface area contributed by atoms with E-state index in [0.29, 0.717) is 6.54 Å². The first kappa shape index (κ1) is 12.8. The Bertz CT molecular complexity index is 348. The molecular formula is C11H14NO4Zn-. The predicted octanol–water partition coefficient (Wildman–Crippen LogP) is -0.216. The number of fused-ring (bicyclic) bond motifs is 1.